The molecule has 1 aliphatic rings. The molecule has 0 spiro atoms. The molecule has 1 aliphatic carbocycles. The second kappa shape index (κ2) is 5.52. The highest BCUT2D eigenvalue weighted by Crippen LogP contribution is 2.23. The van der Waals surface area contributed by atoms with Crippen molar-refractivity contribution >= 4 is 11.9 Å². The number of ether oxygens (including phenoxy) is 1. The maximum Gasteiger partial charge on any atom is 0.408 e. The van der Waals surface area contributed by atoms with Crippen LogP contribution in [0.2, 0.25) is 0 Å². The van der Waals surface area contributed by atoms with Crippen LogP contribution in [0.4, 0.5) is 4.79 Å². The fourth-order valence-corrected chi connectivity index (χ4v) is 2.24. The standard InChI is InChI=1S/C13H23NO3/c1-9(15)11(13(2,3)4)14-12(16)17-10-7-5-6-8-10/h10-11H,5-8H2,1-4H3,(H,14,16). The van der Waals surface area contributed by atoms with Crippen molar-refractivity contribution in [1.29, 1.82) is 0 Å². The van der Waals surface area contributed by atoms with Crippen molar-refractivity contribution in [3.05, 3.63) is 0 Å². The Hall–Kier alpha value is -1.06. The van der Waals surface area contributed by atoms with Crippen LogP contribution in [0.3, 0.4) is 0 Å². The van der Waals surface area contributed by atoms with Crippen LogP contribution in [-0.4, -0.2) is 24.0 Å². The van der Waals surface area contributed by atoms with Gasteiger partial charge in [-0.25, -0.2) is 4.79 Å². The van der Waals surface area contributed by atoms with Gasteiger partial charge >= 0.3 is 6.09 Å². The lowest BCUT2D eigenvalue weighted by molar-refractivity contribution is -0.121. The van der Waals surface area contributed by atoms with Crippen LogP contribution in [0, 0.1) is 5.41 Å². The van der Waals surface area contributed by atoms with E-state index in [4.69, 9.17) is 4.74 Å². The summed E-state index contributed by atoms with van der Waals surface area (Å²) in [6, 6.07) is -0.489. The Labute approximate surface area is 103 Å². The summed E-state index contributed by atoms with van der Waals surface area (Å²) < 4.78 is 5.28. The van der Waals surface area contributed by atoms with Crippen molar-refractivity contribution in [2.45, 2.75) is 65.5 Å². The van der Waals surface area contributed by atoms with Gasteiger partial charge in [-0.1, -0.05) is 20.8 Å². The predicted molar refractivity (Wildman–Crippen MR) is 65.8 cm³/mol. The van der Waals surface area contributed by atoms with Crippen LogP contribution in [0.5, 0.6) is 0 Å². The average Bonchev–Trinajstić information content (AvgIpc) is 2.64. The van der Waals surface area contributed by atoms with Gasteiger partial charge in [0.15, 0.2) is 5.78 Å². The summed E-state index contributed by atoms with van der Waals surface area (Å²) in [6.07, 6.45) is 3.68. The van der Waals surface area contributed by atoms with Crippen LogP contribution in [0.1, 0.15) is 53.4 Å². The molecule has 0 aromatic rings. The zero-order chi connectivity index (χ0) is 13.1. The molecule has 0 radical (unpaired) electrons. The molecule has 1 N–H and O–H groups in total. The minimum Gasteiger partial charge on any atom is -0.446 e. The molecule has 98 valence electrons. The molecule has 4 heteroatoms. The number of hydrogen-bond acceptors (Lipinski definition) is 3. The van der Waals surface area contributed by atoms with Crippen LogP contribution >= 0.6 is 0 Å². The fourth-order valence-electron chi connectivity index (χ4n) is 2.24. The SMILES string of the molecule is CC(=O)C(NC(=O)OC1CCCC1)C(C)(C)C. The van der Waals surface area contributed by atoms with Crippen LogP contribution < -0.4 is 5.32 Å². The molecule has 1 fully saturated rings. The summed E-state index contributed by atoms with van der Waals surface area (Å²) in [5.74, 6) is -0.0409. The monoisotopic (exact) mass is 241 g/mol. The van der Waals surface area contributed by atoms with Crippen molar-refractivity contribution in [1.82, 2.24) is 5.32 Å². The van der Waals surface area contributed by atoms with Crippen molar-refractivity contribution in [2.24, 2.45) is 5.41 Å². The summed E-state index contributed by atoms with van der Waals surface area (Å²) >= 11 is 0. The number of ketones is 1. The Morgan fingerprint density at radius 3 is 2.18 bits per heavy atom. The molecular weight excluding hydrogens is 218 g/mol. The number of amides is 1. The quantitative estimate of drug-likeness (QED) is 0.826. The topological polar surface area (TPSA) is 55.4 Å². The lowest BCUT2D eigenvalue weighted by Gasteiger charge is -2.29. The molecule has 1 atom stereocenters. The van der Waals surface area contributed by atoms with Gasteiger partial charge < -0.3 is 10.1 Å². The summed E-state index contributed by atoms with van der Waals surface area (Å²) in [4.78, 5) is 23.2. The van der Waals surface area contributed by atoms with E-state index in [9.17, 15) is 9.59 Å². The van der Waals surface area contributed by atoms with Crippen molar-refractivity contribution < 1.29 is 14.3 Å². The lowest BCUT2D eigenvalue weighted by Crippen LogP contribution is -2.48. The molecular formula is C13H23NO3. The van der Waals surface area contributed by atoms with Crippen molar-refractivity contribution in [3.63, 3.8) is 0 Å². The molecule has 1 unspecified atom stereocenters. The summed E-state index contributed by atoms with van der Waals surface area (Å²) in [6.45, 7) is 7.27. The maximum absolute atomic E-state index is 11.7. The number of carbonyl (C=O) groups excluding carboxylic acids is 2. The van der Waals surface area contributed by atoms with Gasteiger partial charge in [0.05, 0.1) is 6.04 Å². The van der Waals surface area contributed by atoms with E-state index in [1.807, 2.05) is 20.8 Å². The van der Waals surface area contributed by atoms with Gasteiger partial charge in [0.2, 0.25) is 0 Å². The van der Waals surface area contributed by atoms with E-state index in [0.717, 1.165) is 25.7 Å². The second-order valence-electron chi connectivity index (χ2n) is 5.87. The first kappa shape index (κ1) is 14.0. The van der Waals surface area contributed by atoms with E-state index in [2.05, 4.69) is 5.32 Å². The van der Waals surface area contributed by atoms with Crippen molar-refractivity contribution in [2.75, 3.05) is 0 Å². The van der Waals surface area contributed by atoms with E-state index in [0.29, 0.717) is 0 Å². The maximum atomic E-state index is 11.7. The van der Waals surface area contributed by atoms with Gasteiger partial charge in [-0.2, -0.15) is 0 Å². The first-order chi connectivity index (χ1) is 7.80. The van der Waals surface area contributed by atoms with E-state index >= 15 is 0 Å². The van der Waals surface area contributed by atoms with E-state index in [1.54, 1.807) is 0 Å². The van der Waals surface area contributed by atoms with Gasteiger partial charge in [0.1, 0.15) is 6.10 Å². The number of rotatable bonds is 3. The van der Waals surface area contributed by atoms with Crippen LogP contribution in [0.25, 0.3) is 0 Å². The minimum absolute atomic E-state index is 0.0302. The Morgan fingerprint density at radius 1 is 1.24 bits per heavy atom. The number of Topliss-reactive ketones (excluding diaryl/α,β-unsaturated/α-hetero) is 1. The highest BCUT2D eigenvalue weighted by atomic mass is 16.6. The molecule has 17 heavy (non-hydrogen) atoms. The van der Waals surface area contributed by atoms with E-state index in [-0.39, 0.29) is 17.3 Å². The molecule has 0 bridgehead atoms. The lowest BCUT2D eigenvalue weighted by atomic mass is 9.85. The van der Waals surface area contributed by atoms with Crippen molar-refractivity contribution in [3.8, 4) is 0 Å². The second-order valence-corrected chi connectivity index (χ2v) is 5.87. The molecule has 0 heterocycles. The van der Waals surface area contributed by atoms with Gasteiger partial charge in [-0.3, -0.25) is 4.79 Å². The van der Waals surface area contributed by atoms with E-state index in [1.165, 1.54) is 6.92 Å². The van der Waals surface area contributed by atoms with Crippen LogP contribution in [-0.2, 0) is 9.53 Å². The summed E-state index contributed by atoms with van der Waals surface area (Å²) in [5, 5.41) is 2.67. The Morgan fingerprint density at radius 2 is 1.76 bits per heavy atom. The van der Waals surface area contributed by atoms with Crippen LogP contribution in [0.15, 0.2) is 0 Å². The molecule has 0 saturated heterocycles. The summed E-state index contributed by atoms with van der Waals surface area (Å²) in [7, 11) is 0. The third-order valence-corrected chi connectivity index (χ3v) is 3.11. The zero-order valence-corrected chi connectivity index (χ0v) is 11.2. The third-order valence-electron chi connectivity index (χ3n) is 3.11. The summed E-state index contributed by atoms with van der Waals surface area (Å²) in [5.41, 5.74) is -0.291. The third kappa shape index (κ3) is 4.36. The molecule has 0 aromatic carbocycles. The molecule has 4 nitrogen and oxygen atoms in total. The first-order valence-corrected chi connectivity index (χ1v) is 6.28. The zero-order valence-electron chi connectivity index (χ0n) is 11.2. The molecule has 0 aliphatic heterocycles. The highest BCUT2D eigenvalue weighted by Gasteiger charge is 2.31. The Bertz CT molecular complexity index is 288. The van der Waals surface area contributed by atoms with E-state index < -0.39 is 12.1 Å². The number of nitrogens with one attached hydrogen (secondary N) is 1. The number of alkyl carbamates (subject to hydrolysis) is 1. The van der Waals surface area contributed by atoms with Gasteiger partial charge in [0, 0.05) is 0 Å². The molecule has 1 amide bonds. The predicted octanol–water partition coefficient (Wildman–Crippen LogP) is 2.66. The molecule has 0 aromatic heterocycles. The van der Waals surface area contributed by atoms with Gasteiger partial charge in [-0.05, 0) is 38.0 Å². The fraction of sp³-hybridized carbons (Fsp3) is 0.846. The first-order valence-electron chi connectivity index (χ1n) is 6.28. The van der Waals surface area contributed by atoms with Gasteiger partial charge in [-0.15, -0.1) is 0 Å². The number of carbonyl (C=O) groups is 2. The smallest absolute Gasteiger partial charge is 0.408 e. The Kier molecular flexibility index (Phi) is 4.54. The number of hydrogen-bond donors (Lipinski definition) is 1. The highest BCUT2D eigenvalue weighted by molar-refractivity contribution is 5.86. The van der Waals surface area contributed by atoms with Gasteiger partial charge in [0.25, 0.3) is 0 Å². The largest absolute Gasteiger partial charge is 0.446 e. The average molecular weight is 241 g/mol. The molecule has 1 rings (SSSR count). The Balaban J connectivity index is 2.49. The normalized spacial score (nSPS) is 18.8. The minimum atomic E-state index is -0.489. The molecule has 1 saturated carbocycles.